The fraction of sp³-hybridized carbons (Fsp3) is 0.120. The summed E-state index contributed by atoms with van der Waals surface area (Å²) in [5.41, 5.74) is 4.46. The van der Waals surface area contributed by atoms with Crippen LogP contribution in [0.2, 0.25) is 10.0 Å². The van der Waals surface area contributed by atoms with E-state index >= 15 is 0 Å². The summed E-state index contributed by atoms with van der Waals surface area (Å²) in [4.78, 5) is 22.7. The van der Waals surface area contributed by atoms with Crippen LogP contribution in [0.25, 0.3) is 5.69 Å². The second-order valence-corrected chi connectivity index (χ2v) is 9.90. The molecule has 0 saturated heterocycles. The van der Waals surface area contributed by atoms with Crippen molar-refractivity contribution in [3.8, 4) is 11.4 Å². The molecule has 14 heteroatoms. The van der Waals surface area contributed by atoms with E-state index in [1.54, 1.807) is 6.07 Å². The van der Waals surface area contributed by atoms with Crippen molar-refractivity contribution >= 4 is 58.5 Å². The summed E-state index contributed by atoms with van der Waals surface area (Å²) in [5.74, 6) is -0.489. The highest BCUT2D eigenvalue weighted by molar-refractivity contribution is 7.99. The molecule has 0 fully saturated rings. The fourth-order valence-corrected chi connectivity index (χ4v) is 4.73. The largest absolute Gasteiger partial charge is 0.502 e. The molecule has 0 bridgehead atoms. The molecule has 200 valence electrons. The first kappa shape index (κ1) is 27.9. The number of aromatic nitrogens is 3. The number of amides is 1. The number of rotatable bonds is 10. The lowest BCUT2D eigenvalue weighted by Crippen LogP contribution is -2.20. The quantitative estimate of drug-likeness (QED) is 0.0975. The van der Waals surface area contributed by atoms with Crippen molar-refractivity contribution in [2.24, 2.45) is 5.10 Å². The first-order chi connectivity index (χ1) is 18.7. The van der Waals surface area contributed by atoms with Crippen molar-refractivity contribution in [2.45, 2.75) is 18.6 Å². The number of phenols is 1. The number of nitro benzene ring substituents is 1. The molecule has 0 spiro atoms. The normalized spacial score (nSPS) is 11.1. The summed E-state index contributed by atoms with van der Waals surface area (Å²) in [6, 6.07) is 17.4. The lowest BCUT2D eigenvalue weighted by atomic mass is 10.2. The van der Waals surface area contributed by atoms with E-state index in [0.717, 1.165) is 41.0 Å². The third-order valence-corrected chi connectivity index (χ3v) is 6.73. The molecule has 4 rings (SSSR count). The predicted molar refractivity (Wildman–Crippen MR) is 151 cm³/mol. The minimum absolute atomic E-state index is 0.0148. The Bertz CT molecular complexity index is 1550. The number of phenolic OH excluding ortho intramolecular Hbond substituents is 1. The van der Waals surface area contributed by atoms with E-state index in [-0.39, 0.29) is 16.3 Å². The van der Waals surface area contributed by atoms with Gasteiger partial charge in [-0.3, -0.25) is 19.5 Å². The zero-order valence-electron chi connectivity index (χ0n) is 20.3. The average Bonchev–Trinajstić information content (AvgIpc) is 3.31. The van der Waals surface area contributed by atoms with Gasteiger partial charge in [0.25, 0.3) is 5.91 Å². The summed E-state index contributed by atoms with van der Waals surface area (Å²) in [6.45, 7) is 2.32. The third-order valence-electron chi connectivity index (χ3n) is 5.35. The van der Waals surface area contributed by atoms with Crippen LogP contribution in [0, 0.1) is 17.0 Å². The maximum absolute atomic E-state index is 12.4. The Morgan fingerprint density at radius 1 is 1.15 bits per heavy atom. The highest BCUT2D eigenvalue weighted by Crippen LogP contribution is 2.32. The number of hydrogen-bond donors (Lipinski definition) is 3. The Morgan fingerprint density at radius 3 is 2.64 bits per heavy atom. The van der Waals surface area contributed by atoms with Crippen LogP contribution >= 0.6 is 35.0 Å². The van der Waals surface area contributed by atoms with Gasteiger partial charge in [0.15, 0.2) is 11.0 Å². The minimum atomic E-state index is -0.767. The summed E-state index contributed by atoms with van der Waals surface area (Å²) in [7, 11) is 0. The number of carbonyl (C=O) groups excluding carboxylic acids is 1. The number of para-hydroxylation sites is 1. The molecular weight excluding hydrogens is 565 g/mol. The van der Waals surface area contributed by atoms with Crippen molar-refractivity contribution in [1.82, 2.24) is 20.2 Å². The van der Waals surface area contributed by atoms with Gasteiger partial charge >= 0.3 is 5.69 Å². The van der Waals surface area contributed by atoms with Gasteiger partial charge in [0, 0.05) is 33.0 Å². The Labute approximate surface area is 237 Å². The molecule has 1 aromatic heterocycles. The second-order valence-electron chi connectivity index (χ2n) is 8.08. The summed E-state index contributed by atoms with van der Waals surface area (Å²) in [5, 5.41) is 38.0. The minimum Gasteiger partial charge on any atom is -0.502 e. The van der Waals surface area contributed by atoms with E-state index in [0.29, 0.717) is 22.5 Å². The molecule has 11 nitrogen and oxygen atoms in total. The first-order valence-corrected chi connectivity index (χ1v) is 13.1. The maximum atomic E-state index is 12.4. The number of aryl methyl sites for hydroxylation is 1. The number of anilines is 1. The number of nitrogens with one attached hydrogen (secondary N) is 2. The second kappa shape index (κ2) is 12.6. The van der Waals surface area contributed by atoms with Crippen LogP contribution in [0.4, 0.5) is 11.4 Å². The summed E-state index contributed by atoms with van der Waals surface area (Å²) < 4.78 is 1.85. The van der Waals surface area contributed by atoms with Gasteiger partial charge < -0.3 is 10.4 Å². The summed E-state index contributed by atoms with van der Waals surface area (Å²) >= 11 is 13.1. The van der Waals surface area contributed by atoms with Crippen LogP contribution in [0.1, 0.15) is 17.0 Å². The molecule has 0 atom stereocenters. The number of benzene rings is 3. The number of hydrogen-bond acceptors (Lipinski definition) is 9. The predicted octanol–water partition coefficient (Wildman–Crippen LogP) is 5.35. The van der Waals surface area contributed by atoms with Crippen LogP contribution in [0.15, 0.2) is 70.9 Å². The van der Waals surface area contributed by atoms with Crippen LogP contribution in [-0.2, 0) is 11.3 Å². The standard InChI is InChI=1S/C25H21Cl2N7O4S/c1-15-9-17(26)7-8-20(15)28-13-22-30-32-25(33(22)19-5-3-2-4-6-19)39-14-23(35)31-29-12-16-10-18(27)11-21(24(16)36)34(37)38/h2-12,28,36H,13-14H2,1H3,(H,31,35)/b29-12-. The topological polar surface area (TPSA) is 148 Å². The molecule has 1 amide bonds. The lowest BCUT2D eigenvalue weighted by Gasteiger charge is -2.12. The molecule has 0 saturated carbocycles. The Hall–Kier alpha value is -4.13. The first-order valence-electron chi connectivity index (χ1n) is 11.3. The van der Waals surface area contributed by atoms with Gasteiger partial charge in [-0.15, -0.1) is 10.2 Å². The molecule has 0 aliphatic carbocycles. The number of nitrogens with zero attached hydrogens (tertiary/aromatic N) is 5. The van der Waals surface area contributed by atoms with E-state index in [9.17, 15) is 20.0 Å². The van der Waals surface area contributed by atoms with E-state index in [4.69, 9.17) is 23.2 Å². The molecular formula is C25H21Cl2N7O4S. The van der Waals surface area contributed by atoms with Crippen LogP contribution in [-0.4, -0.2) is 42.7 Å². The van der Waals surface area contributed by atoms with Gasteiger partial charge in [0.05, 0.1) is 23.4 Å². The molecule has 0 radical (unpaired) electrons. The van der Waals surface area contributed by atoms with E-state index in [2.05, 4.69) is 26.0 Å². The summed E-state index contributed by atoms with van der Waals surface area (Å²) in [6.07, 6.45) is 1.08. The van der Waals surface area contributed by atoms with Gasteiger partial charge in [-0.1, -0.05) is 53.2 Å². The monoisotopic (exact) mass is 585 g/mol. The third kappa shape index (κ3) is 7.05. The SMILES string of the molecule is Cc1cc(Cl)ccc1NCc1nnc(SCC(=O)N/N=C\c2cc(Cl)cc([N+](=O)[O-])c2O)n1-c1ccccc1. The number of halogens is 2. The van der Waals surface area contributed by atoms with E-state index < -0.39 is 22.3 Å². The molecule has 0 unspecified atom stereocenters. The molecule has 3 N–H and O–H groups in total. The van der Waals surface area contributed by atoms with Gasteiger partial charge in [-0.2, -0.15) is 5.10 Å². The highest BCUT2D eigenvalue weighted by Gasteiger charge is 2.18. The van der Waals surface area contributed by atoms with Crippen LogP contribution in [0.3, 0.4) is 0 Å². The molecule has 0 aliphatic rings. The average molecular weight is 586 g/mol. The van der Waals surface area contributed by atoms with Gasteiger partial charge in [-0.05, 0) is 48.9 Å². The fourth-order valence-electron chi connectivity index (χ4n) is 3.52. The Kier molecular flexibility index (Phi) is 9.02. The molecule has 4 aromatic rings. The molecule has 1 heterocycles. The van der Waals surface area contributed by atoms with Gasteiger partial charge in [-0.25, -0.2) is 5.43 Å². The zero-order chi connectivity index (χ0) is 27.9. The van der Waals surface area contributed by atoms with Gasteiger partial charge in [0.1, 0.15) is 0 Å². The van der Waals surface area contributed by atoms with Crippen LogP contribution in [0.5, 0.6) is 5.75 Å². The molecule has 39 heavy (non-hydrogen) atoms. The van der Waals surface area contributed by atoms with Crippen LogP contribution < -0.4 is 10.7 Å². The maximum Gasteiger partial charge on any atom is 0.312 e. The number of nitro groups is 1. The van der Waals surface area contributed by atoms with Crippen molar-refractivity contribution in [3.05, 3.63) is 97.8 Å². The molecule has 3 aromatic carbocycles. The Balaban J connectivity index is 1.45. The van der Waals surface area contributed by atoms with Gasteiger partial charge in [0.2, 0.25) is 5.75 Å². The van der Waals surface area contributed by atoms with Crippen molar-refractivity contribution in [3.63, 3.8) is 0 Å². The molecule has 0 aliphatic heterocycles. The number of hydrazone groups is 1. The van der Waals surface area contributed by atoms with Crippen molar-refractivity contribution < 1.29 is 14.8 Å². The Morgan fingerprint density at radius 2 is 1.92 bits per heavy atom. The van der Waals surface area contributed by atoms with E-state index in [1.165, 1.54) is 6.07 Å². The van der Waals surface area contributed by atoms with E-state index in [1.807, 2.05) is 54.0 Å². The number of aromatic hydroxyl groups is 1. The van der Waals surface area contributed by atoms with Crippen molar-refractivity contribution in [1.29, 1.82) is 0 Å². The smallest absolute Gasteiger partial charge is 0.312 e. The lowest BCUT2D eigenvalue weighted by molar-refractivity contribution is -0.385. The zero-order valence-corrected chi connectivity index (χ0v) is 22.7. The number of thioether (sulfide) groups is 1. The number of carbonyl (C=O) groups is 1. The highest BCUT2D eigenvalue weighted by atomic mass is 35.5. The van der Waals surface area contributed by atoms with Crippen molar-refractivity contribution in [2.75, 3.05) is 11.1 Å².